The topological polar surface area (TPSA) is 72.5 Å². The third-order valence-corrected chi connectivity index (χ3v) is 3.54. The number of ether oxygens (including phenoxy) is 2. The van der Waals surface area contributed by atoms with E-state index >= 15 is 0 Å². The zero-order valence-electron chi connectivity index (χ0n) is 11.9. The van der Waals surface area contributed by atoms with Crippen LogP contribution in [0, 0.1) is 5.92 Å². The Balaban J connectivity index is 1.81. The minimum atomic E-state index is -0.212. The van der Waals surface area contributed by atoms with Gasteiger partial charge in [-0.15, -0.1) is 0 Å². The van der Waals surface area contributed by atoms with Crippen molar-refractivity contribution in [3.05, 3.63) is 18.3 Å². The molecule has 1 aliphatic rings. The second kappa shape index (κ2) is 7.09. The molecule has 110 valence electrons. The van der Waals surface area contributed by atoms with Gasteiger partial charge in [0.05, 0.1) is 19.0 Å². The largest absolute Gasteiger partial charge is 0.481 e. The molecule has 0 bridgehead atoms. The maximum atomic E-state index is 11.9. The first-order valence-electron chi connectivity index (χ1n) is 6.84. The molecule has 2 rings (SSSR count). The van der Waals surface area contributed by atoms with Gasteiger partial charge in [-0.1, -0.05) is 0 Å². The molecule has 1 aromatic rings. The number of nitrogens with zero attached hydrogens (tertiary/aromatic N) is 1. The smallest absolute Gasteiger partial charge is 0.319 e. The molecule has 0 aliphatic carbocycles. The third kappa shape index (κ3) is 4.09. The van der Waals surface area contributed by atoms with Crippen molar-refractivity contribution in [3.63, 3.8) is 0 Å². The lowest BCUT2D eigenvalue weighted by atomic mass is 9.93. The average Bonchev–Trinajstić information content (AvgIpc) is 2.49. The van der Waals surface area contributed by atoms with Crippen molar-refractivity contribution in [2.75, 3.05) is 25.6 Å². The van der Waals surface area contributed by atoms with Crippen LogP contribution in [0.5, 0.6) is 5.88 Å². The van der Waals surface area contributed by atoms with Gasteiger partial charge in [0.1, 0.15) is 0 Å². The zero-order valence-corrected chi connectivity index (χ0v) is 11.9. The Kier molecular flexibility index (Phi) is 5.17. The van der Waals surface area contributed by atoms with Gasteiger partial charge in [-0.3, -0.25) is 0 Å². The molecule has 0 aromatic carbocycles. The van der Waals surface area contributed by atoms with Gasteiger partial charge >= 0.3 is 6.03 Å². The van der Waals surface area contributed by atoms with Crippen LogP contribution < -0.4 is 15.4 Å². The molecule has 1 unspecified atom stereocenters. The molecule has 1 aliphatic heterocycles. The minimum Gasteiger partial charge on any atom is -0.481 e. The number of rotatable bonds is 4. The Hall–Kier alpha value is -1.82. The van der Waals surface area contributed by atoms with E-state index < -0.39 is 0 Å². The number of hydrogen-bond donors (Lipinski definition) is 2. The highest BCUT2D eigenvalue weighted by Gasteiger charge is 2.21. The molecule has 6 nitrogen and oxygen atoms in total. The number of aromatic nitrogens is 1. The summed E-state index contributed by atoms with van der Waals surface area (Å²) in [6.07, 6.45) is 3.55. The first-order chi connectivity index (χ1) is 9.69. The molecule has 0 radical (unpaired) electrons. The van der Waals surface area contributed by atoms with Crippen molar-refractivity contribution in [2.45, 2.75) is 25.8 Å². The van der Waals surface area contributed by atoms with Crippen LogP contribution in [0.15, 0.2) is 18.3 Å². The lowest BCUT2D eigenvalue weighted by Gasteiger charge is -2.28. The van der Waals surface area contributed by atoms with Crippen molar-refractivity contribution in [2.24, 2.45) is 5.92 Å². The SMILES string of the molecule is COc1ccc(NC(=O)NC(C)C2CCOCC2)cn1. The van der Waals surface area contributed by atoms with Crippen LogP contribution >= 0.6 is 0 Å². The molecule has 2 heterocycles. The fourth-order valence-corrected chi connectivity index (χ4v) is 2.28. The third-order valence-electron chi connectivity index (χ3n) is 3.54. The minimum absolute atomic E-state index is 0.130. The quantitative estimate of drug-likeness (QED) is 0.884. The van der Waals surface area contributed by atoms with Gasteiger partial charge in [0.15, 0.2) is 0 Å². The fraction of sp³-hybridized carbons (Fsp3) is 0.571. The van der Waals surface area contributed by atoms with Crippen LogP contribution in [-0.2, 0) is 4.74 Å². The van der Waals surface area contributed by atoms with Crippen molar-refractivity contribution < 1.29 is 14.3 Å². The molecule has 2 N–H and O–H groups in total. The van der Waals surface area contributed by atoms with E-state index in [0.29, 0.717) is 17.5 Å². The second-order valence-electron chi connectivity index (χ2n) is 4.93. The van der Waals surface area contributed by atoms with Crippen LogP contribution in [0.2, 0.25) is 0 Å². The van der Waals surface area contributed by atoms with Gasteiger partial charge in [-0.05, 0) is 31.7 Å². The van der Waals surface area contributed by atoms with Crippen molar-refractivity contribution in [1.29, 1.82) is 0 Å². The Bertz CT molecular complexity index is 430. The van der Waals surface area contributed by atoms with E-state index in [0.717, 1.165) is 26.1 Å². The average molecular weight is 279 g/mol. The molecule has 1 saturated heterocycles. The summed E-state index contributed by atoms with van der Waals surface area (Å²) in [7, 11) is 1.55. The molecule has 20 heavy (non-hydrogen) atoms. The number of methoxy groups -OCH3 is 1. The Morgan fingerprint density at radius 2 is 2.20 bits per heavy atom. The monoisotopic (exact) mass is 279 g/mol. The normalized spacial score (nSPS) is 17.3. The predicted molar refractivity (Wildman–Crippen MR) is 75.9 cm³/mol. The molecule has 1 atom stereocenters. The molecular weight excluding hydrogens is 258 g/mol. The molecule has 1 aromatic heterocycles. The van der Waals surface area contributed by atoms with Crippen molar-refractivity contribution >= 4 is 11.7 Å². The highest BCUT2D eigenvalue weighted by atomic mass is 16.5. The number of carbonyl (C=O) groups excluding carboxylic acids is 1. The number of urea groups is 1. The summed E-state index contributed by atoms with van der Waals surface area (Å²) in [6.45, 7) is 3.59. The molecule has 2 amide bonds. The van der Waals surface area contributed by atoms with E-state index in [9.17, 15) is 4.79 Å². The first kappa shape index (κ1) is 14.6. The van der Waals surface area contributed by atoms with Gasteiger partial charge in [0.25, 0.3) is 0 Å². The van der Waals surface area contributed by atoms with Gasteiger partial charge in [0.2, 0.25) is 5.88 Å². The van der Waals surface area contributed by atoms with Crippen LogP contribution in [0.4, 0.5) is 10.5 Å². The summed E-state index contributed by atoms with van der Waals surface area (Å²) in [5, 5.41) is 5.73. The maximum Gasteiger partial charge on any atom is 0.319 e. The number of hydrogen-bond acceptors (Lipinski definition) is 4. The summed E-state index contributed by atoms with van der Waals surface area (Å²) in [5.74, 6) is 0.995. The zero-order chi connectivity index (χ0) is 14.4. The van der Waals surface area contributed by atoms with Crippen molar-refractivity contribution in [3.8, 4) is 5.88 Å². The summed E-state index contributed by atoms with van der Waals surface area (Å²) in [4.78, 5) is 15.9. The highest BCUT2D eigenvalue weighted by Crippen LogP contribution is 2.18. The predicted octanol–water partition coefficient (Wildman–Crippen LogP) is 2.03. The van der Waals surface area contributed by atoms with Crippen LogP contribution in [-0.4, -0.2) is 37.4 Å². The molecule has 0 spiro atoms. The summed E-state index contributed by atoms with van der Waals surface area (Å²) >= 11 is 0. The van der Waals surface area contributed by atoms with Gasteiger partial charge < -0.3 is 20.1 Å². The Morgan fingerprint density at radius 1 is 1.45 bits per heavy atom. The van der Waals surface area contributed by atoms with Crippen LogP contribution in [0.1, 0.15) is 19.8 Å². The number of carbonyl (C=O) groups is 1. The van der Waals surface area contributed by atoms with E-state index in [1.165, 1.54) is 0 Å². The van der Waals surface area contributed by atoms with E-state index in [4.69, 9.17) is 9.47 Å². The number of amides is 2. The van der Waals surface area contributed by atoms with Crippen molar-refractivity contribution in [1.82, 2.24) is 10.3 Å². The van der Waals surface area contributed by atoms with E-state index in [1.807, 2.05) is 6.92 Å². The van der Waals surface area contributed by atoms with E-state index in [1.54, 1.807) is 25.4 Å². The lowest BCUT2D eigenvalue weighted by molar-refractivity contribution is 0.0573. The standard InChI is InChI=1S/C14H21N3O3/c1-10(11-5-7-20-8-6-11)16-14(18)17-12-3-4-13(19-2)15-9-12/h3-4,9-11H,5-8H2,1-2H3,(H2,16,17,18). The fourth-order valence-electron chi connectivity index (χ4n) is 2.28. The molecule has 0 saturated carbocycles. The Labute approximate surface area is 118 Å². The van der Waals surface area contributed by atoms with Gasteiger partial charge in [0, 0.05) is 25.3 Å². The number of anilines is 1. The second-order valence-corrected chi connectivity index (χ2v) is 4.93. The van der Waals surface area contributed by atoms with E-state index in [2.05, 4.69) is 15.6 Å². The Morgan fingerprint density at radius 3 is 2.80 bits per heavy atom. The molecular formula is C14H21N3O3. The summed E-state index contributed by atoms with van der Waals surface area (Å²) < 4.78 is 10.3. The summed E-state index contributed by atoms with van der Waals surface area (Å²) in [6, 6.07) is 3.38. The first-order valence-corrected chi connectivity index (χ1v) is 6.84. The highest BCUT2D eigenvalue weighted by molar-refractivity contribution is 5.89. The number of pyridine rings is 1. The summed E-state index contributed by atoms with van der Waals surface area (Å²) in [5.41, 5.74) is 0.641. The maximum absolute atomic E-state index is 11.9. The van der Waals surface area contributed by atoms with Crippen LogP contribution in [0.25, 0.3) is 0 Å². The van der Waals surface area contributed by atoms with Crippen LogP contribution in [0.3, 0.4) is 0 Å². The van der Waals surface area contributed by atoms with Gasteiger partial charge in [-0.25, -0.2) is 9.78 Å². The molecule has 6 heteroatoms. The van der Waals surface area contributed by atoms with E-state index in [-0.39, 0.29) is 12.1 Å². The lowest BCUT2D eigenvalue weighted by Crippen LogP contribution is -2.42. The van der Waals surface area contributed by atoms with Gasteiger partial charge in [-0.2, -0.15) is 0 Å². The molecule has 1 fully saturated rings. The number of nitrogens with one attached hydrogen (secondary N) is 2.